The summed E-state index contributed by atoms with van der Waals surface area (Å²) >= 11 is 0. The van der Waals surface area contributed by atoms with Crippen LogP contribution in [0.4, 0.5) is 22.0 Å². The van der Waals surface area contributed by atoms with Gasteiger partial charge in [-0.3, -0.25) is 4.79 Å². The van der Waals surface area contributed by atoms with E-state index >= 15 is 0 Å². The lowest BCUT2D eigenvalue weighted by molar-refractivity contribution is -0.144. The average molecular weight is 280 g/mol. The van der Waals surface area contributed by atoms with E-state index in [1.54, 1.807) is 0 Å². The van der Waals surface area contributed by atoms with Crippen molar-refractivity contribution < 1.29 is 31.9 Å². The first-order valence-electron chi connectivity index (χ1n) is 4.68. The number of nitrogens with zero attached hydrogens (tertiary/aromatic N) is 2. The lowest BCUT2D eigenvalue weighted by Gasteiger charge is -2.13. The number of pyridine rings is 1. The average Bonchev–Trinajstić information content (AvgIpc) is 2.26. The van der Waals surface area contributed by atoms with Gasteiger partial charge in [0, 0.05) is 5.56 Å². The van der Waals surface area contributed by atoms with Gasteiger partial charge in [0.2, 0.25) is 0 Å². The Morgan fingerprint density at radius 3 is 2.42 bits per heavy atom. The number of aliphatic carboxylic acids is 1. The van der Waals surface area contributed by atoms with Crippen molar-refractivity contribution in [1.29, 1.82) is 5.26 Å². The van der Waals surface area contributed by atoms with Crippen LogP contribution >= 0.6 is 0 Å². The van der Waals surface area contributed by atoms with Gasteiger partial charge < -0.3 is 5.11 Å². The molecule has 0 spiro atoms. The molecule has 0 saturated heterocycles. The summed E-state index contributed by atoms with van der Waals surface area (Å²) in [5.74, 6) is -1.53. The molecule has 1 N–H and O–H groups in total. The fourth-order valence-electron chi connectivity index (χ4n) is 1.34. The number of alkyl halides is 5. The van der Waals surface area contributed by atoms with Gasteiger partial charge in [-0.05, 0) is 6.07 Å². The van der Waals surface area contributed by atoms with Crippen molar-refractivity contribution in [2.45, 2.75) is 19.0 Å². The molecule has 0 amide bonds. The van der Waals surface area contributed by atoms with Crippen LogP contribution in [-0.4, -0.2) is 16.1 Å². The smallest absolute Gasteiger partial charge is 0.433 e. The highest BCUT2D eigenvalue weighted by Crippen LogP contribution is 2.36. The summed E-state index contributed by atoms with van der Waals surface area (Å²) in [7, 11) is 0. The predicted octanol–water partition coefficient (Wildman–Crippen LogP) is 2.54. The summed E-state index contributed by atoms with van der Waals surface area (Å²) in [6.45, 7) is 0. The lowest BCUT2D eigenvalue weighted by atomic mass is 10.1. The molecule has 1 aromatic rings. The fourth-order valence-corrected chi connectivity index (χ4v) is 1.34. The van der Waals surface area contributed by atoms with Gasteiger partial charge >= 0.3 is 12.1 Å². The highest BCUT2D eigenvalue weighted by Gasteiger charge is 2.38. The van der Waals surface area contributed by atoms with Crippen LogP contribution in [0.1, 0.15) is 28.9 Å². The van der Waals surface area contributed by atoms with E-state index in [0.29, 0.717) is 6.07 Å². The first-order chi connectivity index (χ1) is 8.66. The molecular formula is C10H5F5N2O2. The number of hydrogen-bond acceptors (Lipinski definition) is 3. The molecule has 0 bridgehead atoms. The first kappa shape index (κ1) is 14.8. The first-order valence-corrected chi connectivity index (χ1v) is 4.68. The van der Waals surface area contributed by atoms with Crippen molar-refractivity contribution in [3.8, 4) is 6.07 Å². The topological polar surface area (TPSA) is 74.0 Å². The number of carboxylic acid groups (broad SMARTS) is 1. The summed E-state index contributed by atoms with van der Waals surface area (Å²) in [5, 5.41) is 17.1. The zero-order chi connectivity index (χ0) is 14.8. The summed E-state index contributed by atoms with van der Waals surface area (Å²) in [5.41, 5.74) is -4.65. The minimum absolute atomic E-state index is 0.318. The quantitative estimate of drug-likeness (QED) is 0.863. The molecule has 0 aliphatic carbocycles. The summed E-state index contributed by atoms with van der Waals surface area (Å²) < 4.78 is 62.6. The van der Waals surface area contributed by atoms with Crippen LogP contribution < -0.4 is 0 Å². The summed E-state index contributed by atoms with van der Waals surface area (Å²) in [4.78, 5) is 13.3. The zero-order valence-electron chi connectivity index (χ0n) is 9.00. The normalized spacial score (nSPS) is 11.4. The number of aromatic nitrogens is 1. The Hall–Kier alpha value is -2.24. The van der Waals surface area contributed by atoms with E-state index in [1.807, 2.05) is 0 Å². The second-order valence-corrected chi connectivity index (χ2v) is 3.40. The van der Waals surface area contributed by atoms with Gasteiger partial charge in [-0.15, -0.1) is 0 Å². The molecule has 102 valence electrons. The molecule has 0 saturated carbocycles. The Balaban J connectivity index is 3.53. The van der Waals surface area contributed by atoms with Crippen molar-refractivity contribution in [1.82, 2.24) is 4.98 Å². The van der Waals surface area contributed by atoms with Crippen molar-refractivity contribution in [3.63, 3.8) is 0 Å². The van der Waals surface area contributed by atoms with Gasteiger partial charge in [0.25, 0.3) is 6.43 Å². The van der Waals surface area contributed by atoms with Crippen molar-refractivity contribution in [3.05, 3.63) is 28.6 Å². The molecule has 1 heterocycles. The van der Waals surface area contributed by atoms with Gasteiger partial charge in [-0.2, -0.15) is 18.4 Å². The minimum Gasteiger partial charge on any atom is -0.481 e. The minimum atomic E-state index is -5.16. The number of halogens is 5. The van der Waals surface area contributed by atoms with Crippen molar-refractivity contribution >= 4 is 5.97 Å². The van der Waals surface area contributed by atoms with Crippen molar-refractivity contribution in [2.24, 2.45) is 0 Å². The second kappa shape index (κ2) is 5.17. The lowest BCUT2D eigenvalue weighted by Crippen LogP contribution is -2.16. The Morgan fingerprint density at radius 1 is 1.47 bits per heavy atom. The SMILES string of the molecule is N#Cc1cc(C(F)F)c(C(F)(F)F)nc1CC(=O)O. The number of carboxylic acids is 1. The van der Waals surface area contributed by atoms with Crippen LogP contribution in [-0.2, 0) is 17.4 Å². The molecule has 1 rings (SSSR count). The van der Waals surface area contributed by atoms with Crippen LogP contribution in [0.2, 0.25) is 0 Å². The van der Waals surface area contributed by atoms with E-state index < -0.39 is 47.5 Å². The zero-order valence-corrected chi connectivity index (χ0v) is 9.00. The second-order valence-electron chi connectivity index (χ2n) is 3.40. The van der Waals surface area contributed by atoms with E-state index in [0.717, 1.165) is 0 Å². The molecular weight excluding hydrogens is 275 g/mol. The maximum atomic E-state index is 12.5. The number of hydrogen-bond donors (Lipinski definition) is 1. The van der Waals surface area contributed by atoms with E-state index in [1.165, 1.54) is 6.07 Å². The third-order valence-electron chi connectivity index (χ3n) is 2.07. The van der Waals surface area contributed by atoms with Crippen molar-refractivity contribution in [2.75, 3.05) is 0 Å². The third kappa shape index (κ3) is 3.37. The Bertz CT molecular complexity index is 548. The molecule has 0 fully saturated rings. The van der Waals surface area contributed by atoms with Gasteiger partial charge in [-0.25, -0.2) is 13.8 Å². The van der Waals surface area contributed by atoms with Crippen LogP contribution in [0.25, 0.3) is 0 Å². The monoisotopic (exact) mass is 280 g/mol. The Morgan fingerprint density at radius 2 is 2.05 bits per heavy atom. The number of nitriles is 1. The van der Waals surface area contributed by atoms with Gasteiger partial charge in [0.1, 0.15) is 6.07 Å². The largest absolute Gasteiger partial charge is 0.481 e. The number of carbonyl (C=O) groups is 1. The molecule has 19 heavy (non-hydrogen) atoms. The maximum Gasteiger partial charge on any atom is 0.433 e. The highest BCUT2D eigenvalue weighted by molar-refractivity contribution is 5.70. The van der Waals surface area contributed by atoms with Gasteiger partial charge in [0.05, 0.1) is 17.7 Å². The molecule has 0 unspecified atom stereocenters. The molecule has 4 nitrogen and oxygen atoms in total. The molecule has 0 aliphatic rings. The maximum absolute atomic E-state index is 12.5. The van der Waals surface area contributed by atoms with Crippen LogP contribution in [0.5, 0.6) is 0 Å². The van der Waals surface area contributed by atoms with E-state index in [9.17, 15) is 26.7 Å². The van der Waals surface area contributed by atoms with Gasteiger partial charge in [0.15, 0.2) is 5.69 Å². The van der Waals surface area contributed by atoms with E-state index in [4.69, 9.17) is 10.4 Å². The summed E-state index contributed by atoms with van der Waals surface area (Å²) in [6.07, 6.45) is -9.60. The van der Waals surface area contributed by atoms with E-state index in [2.05, 4.69) is 4.98 Å². The van der Waals surface area contributed by atoms with Crippen LogP contribution in [0.15, 0.2) is 6.07 Å². The van der Waals surface area contributed by atoms with E-state index in [-0.39, 0.29) is 0 Å². The Labute approximate surface area is 103 Å². The Kier molecular flexibility index (Phi) is 4.04. The standard InChI is InChI=1S/C10H5F5N2O2/c11-9(12)5-1-4(3-16)6(2-7(18)19)17-8(5)10(13,14)15/h1,9H,2H2,(H,18,19). The van der Waals surface area contributed by atoms with Crippen LogP contribution in [0.3, 0.4) is 0 Å². The summed E-state index contributed by atoms with van der Waals surface area (Å²) in [6, 6.07) is 1.67. The molecule has 0 aliphatic heterocycles. The molecule has 9 heteroatoms. The highest BCUT2D eigenvalue weighted by atomic mass is 19.4. The molecule has 0 radical (unpaired) electrons. The molecule has 1 aromatic heterocycles. The predicted molar refractivity (Wildman–Crippen MR) is 50.3 cm³/mol. The van der Waals surface area contributed by atoms with Gasteiger partial charge in [-0.1, -0.05) is 0 Å². The fraction of sp³-hybridized carbons (Fsp3) is 0.300. The van der Waals surface area contributed by atoms with Crippen LogP contribution in [0, 0.1) is 11.3 Å². The molecule has 0 atom stereocenters. The number of rotatable bonds is 3. The molecule has 0 aromatic carbocycles. The third-order valence-corrected chi connectivity index (χ3v) is 2.07.